The zero-order valence-electron chi connectivity index (χ0n) is 10.7. The minimum Gasteiger partial charge on any atom is -0.399 e. The van der Waals surface area contributed by atoms with E-state index < -0.39 is 26.6 Å². The summed E-state index contributed by atoms with van der Waals surface area (Å²) in [6, 6.07) is 2.82. The Morgan fingerprint density at radius 3 is 2.38 bits per heavy atom. The number of nitrogens with two attached hydrogens (primary N) is 1. The van der Waals surface area contributed by atoms with Crippen molar-refractivity contribution in [2.24, 2.45) is 0 Å². The Labute approximate surface area is 124 Å². The number of pyridine rings is 1. The number of nitrogens with one attached hydrogen (secondary N) is 1. The molecule has 0 spiro atoms. The summed E-state index contributed by atoms with van der Waals surface area (Å²) < 4.78 is 53.6. The van der Waals surface area contributed by atoms with Crippen molar-refractivity contribution in [1.82, 2.24) is 4.98 Å². The minimum absolute atomic E-state index is 0.0766. The van der Waals surface area contributed by atoms with Crippen LogP contribution < -0.4 is 10.5 Å². The predicted molar refractivity (Wildman–Crippen MR) is 75.6 cm³/mol. The molecule has 112 valence electrons. The van der Waals surface area contributed by atoms with Crippen molar-refractivity contribution in [2.45, 2.75) is 11.8 Å². The molecule has 0 amide bonds. The Morgan fingerprint density at radius 2 is 1.81 bits per heavy atom. The highest BCUT2D eigenvalue weighted by atomic mass is 35.5. The van der Waals surface area contributed by atoms with E-state index in [4.69, 9.17) is 17.3 Å². The average Bonchev–Trinajstić information content (AvgIpc) is 2.31. The molecule has 3 N–H and O–H groups in total. The van der Waals surface area contributed by atoms with Gasteiger partial charge in [-0.25, -0.2) is 22.2 Å². The average molecular weight is 334 g/mol. The monoisotopic (exact) mass is 333 g/mol. The largest absolute Gasteiger partial charge is 0.399 e. The maximum Gasteiger partial charge on any atom is 0.267 e. The van der Waals surface area contributed by atoms with Crippen LogP contribution in [0.15, 0.2) is 29.3 Å². The van der Waals surface area contributed by atoms with Crippen LogP contribution in [-0.2, 0) is 10.0 Å². The van der Waals surface area contributed by atoms with Crippen molar-refractivity contribution in [3.05, 3.63) is 46.7 Å². The third kappa shape index (κ3) is 3.22. The molecule has 5 nitrogen and oxygen atoms in total. The summed E-state index contributed by atoms with van der Waals surface area (Å²) >= 11 is 5.75. The molecule has 0 atom stereocenters. The third-order valence-corrected chi connectivity index (χ3v) is 4.23. The lowest BCUT2D eigenvalue weighted by Crippen LogP contribution is -2.17. The van der Waals surface area contributed by atoms with Gasteiger partial charge in [0.05, 0.1) is 5.69 Å². The van der Waals surface area contributed by atoms with E-state index in [1.807, 2.05) is 4.72 Å². The molecule has 0 bridgehead atoms. The summed E-state index contributed by atoms with van der Waals surface area (Å²) in [4.78, 5) is 2.62. The van der Waals surface area contributed by atoms with Gasteiger partial charge in [-0.15, -0.1) is 0 Å². The van der Waals surface area contributed by atoms with Gasteiger partial charge in [0.2, 0.25) is 0 Å². The Morgan fingerprint density at radius 1 is 1.24 bits per heavy atom. The molecule has 1 heterocycles. The van der Waals surface area contributed by atoms with Gasteiger partial charge in [0.15, 0.2) is 10.0 Å². The van der Waals surface area contributed by atoms with Crippen LogP contribution in [-0.4, -0.2) is 13.4 Å². The number of hydrogen-bond acceptors (Lipinski definition) is 4. The molecule has 0 aliphatic heterocycles. The van der Waals surface area contributed by atoms with Crippen LogP contribution in [0.2, 0.25) is 5.15 Å². The fourth-order valence-corrected chi connectivity index (χ4v) is 3.04. The summed E-state index contributed by atoms with van der Waals surface area (Å²) in [6.45, 7) is 1.66. The van der Waals surface area contributed by atoms with Crippen LogP contribution >= 0.6 is 11.6 Å². The number of nitrogens with zero attached hydrogens (tertiary/aromatic N) is 1. The second-order valence-electron chi connectivity index (χ2n) is 4.27. The maximum atomic E-state index is 13.7. The highest BCUT2D eigenvalue weighted by Gasteiger charge is 2.25. The first-order valence-electron chi connectivity index (χ1n) is 5.60. The van der Waals surface area contributed by atoms with E-state index in [0.717, 1.165) is 0 Å². The Bertz CT molecular complexity index is 789. The summed E-state index contributed by atoms with van der Waals surface area (Å²) in [5.74, 6) is -2.59. The van der Waals surface area contributed by atoms with Crippen LogP contribution in [0.25, 0.3) is 0 Å². The molecular weight excluding hydrogens is 324 g/mol. The fourth-order valence-electron chi connectivity index (χ4n) is 1.66. The van der Waals surface area contributed by atoms with Crippen LogP contribution in [0.4, 0.5) is 20.2 Å². The molecule has 1 aromatic heterocycles. The predicted octanol–water partition coefficient (Wildman–Crippen LogP) is 2.70. The van der Waals surface area contributed by atoms with Crippen LogP contribution in [0.3, 0.4) is 0 Å². The number of benzene rings is 1. The first-order valence-corrected chi connectivity index (χ1v) is 7.46. The van der Waals surface area contributed by atoms with E-state index >= 15 is 0 Å². The van der Waals surface area contributed by atoms with Crippen LogP contribution in [0.1, 0.15) is 5.56 Å². The van der Waals surface area contributed by atoms with Crippen molar-refractivity contribution < 1.29 is 17.2 Å². The number of nitrogen functional groups attached to an aromatic ring is 1. The second-order valence-corrected chi connectivity index (χ2v) is 6.25. The highest BCUT2D eigenvalue weighted by Crippen LogP contribution is 2.27. The summed E-state index contributed by atoms with van der Waals surface area (Å²) in [7, 11) is -4.51. The van der Waals surface area contributed by atoms with Gasteiger partial charge in [-0.2, -0.15) is 0 Å². The lowest BCUT2D eigenvalue weighted by Gasteiger charge is -2.11. The van der Waals surface area contributed by atoms with E-state index in [1.165, 1.54) is 12.3 Å². The minimum atomic E-state index is -4.51. The molecule has 0 saturated heterocycles. The zero-order chi connectivity index (χ0) is 15.8. The Kier molecular flexibility index (Phi) is 4.02. The lowest BCUT2D eigenvalue weighted by molar-refractivity contribution is 0.522. The van der Waals surface area contributed by atoms with E-state index in [9.17, 15) is 17.2 Å². The smallest absolute Gasteiger partial charge is 0.267 e. The van der Waals surface area contributed by atoms with Gasteiger partial charge in [0.1, 0.15) is 11.6 Å². The Balaban J connectivity index is 2.51. The number of anilines is 2. The van der Waals surface area contributed by atoms with Crippen LogP contribution in [0, 0.1) is 18.6 Å². The molecular formula is C12H10ClF2N3O2S. The normalized spacial score (nSPS) is 11.4. The number of aromatic nitrogens is 1. The van der Waals surface area contributed by atoms with Gasteiger partial charge in [-0.05, 0) is 30.7 Å². The molecule has 0 unspecified atom stereocenters. The summed E-state index contributed by atoms with van der Waals surface area (Å²) in [5.41, 5.74) is 5.56. The van der Waals surface area contributed by atoms with E-state index in [-0.39, 0.29) is 16.5 Å². The topological polar surface area (TPSA) is 85.1 Å². The zero-order valence-corrected chi connectivity index (χ0v) is 12.3. The van der Waals surface area contributed by atoms with Gasteiger partial charge < -0.3 is 5.73 Å². The molecule has 0 radical (unpaired) electrons. The van der Waals surface area contributed by atoms with E-state index in [0.29, 0.717) is 17.7 Å². The van der Waals surface area contributed by atoms with E-state index in [1.54, 1.807) is 6.92 Å². The van der Waals surface area contributed by atoms with Gasteiger partial charge in [-0.1, -0.05) is 11.6 Å². The van der Waals surface area contributed by atoms with Crippen molar-refractivity contribution in [2.75, 3.05) is 10.5 Å². The Hall–Kier alpha value is -1.93. The molecule has 2 rings (SSSR count). The van der Waals surface area contributed by atoms with Gasteiger partial charge in [-0.3, -0.25) is 4.72 Å². The van der Waals surface area contributed by atoms with Gasteiger partial charge >= 0.3 is 0 Å². The lowest BCUT2D eigenvalue weighted by atomic mass is 10.3. The highest BCUT2D eigenvalue weighted by molar-refractivity contribution is 7.92. The molecule has 0 aliphatic carbocycles. The molecule has 0 saturated carbocycles. The van der Waals surface area contributed by atoms with E-state index in [2.05, 4.69) is 4.98 Å². The van der Waals surface area contributed by atoms with Gasteiger partial charge in [0.25, 0.3) is 10.0 Å². The number of halogens is 3. The van der Waals surface area contributed by atoms with Crippen molar-refractivity contribution in [3.63, 3.8) is 0 Å². The summed E-state index contributed by atoms with van der Waals surface area (Å²) in [5, 5.41) is -0.138. The first kappa shape index (κ1) is 15.5. The van der Waals surface area contributed by atoms with Gasteiger partial charge in [0, 0.05) is 11.9 Å². The third-order valence-electron chi connectivity index (χ3n) is 2.51. The molecule has 2 aromatic rings. The standard InChI is InChI=1S/C12H10ClF2N3O2S/c1-6-2-10(12(13)17-5-6)18-21(19,20)11-8(14)3-7(16)4-9(11)15/h2-5,18H,16H2,1H3. The first-order chi connectivity index (χ1) is 9.70. The quantitative estimate of drug-likeness (QED) is 0.668. The molecule has 0 fully saturated rings. The molecule has 9 heteroatoms. The number of sulfonamides is 1. The number of aryl methyl sites for hydroxylation is 1. The fraction of sp³-hybridized carbons (Fsp3) is 0.0833. The van der Waals surface area contributed by atoms with Crippen molar-refractivity contribution in [1.29, 1.82) is 0 Å². The molecule has 0 aliphatic rings. The number of hydrogen-bond donors (Lipinski definition) is 2. The molecule has 1 aromatic carbocycles. The number of rotatable bonds is 3. The van der Waals surface area contributed by atoms with Crippen LogP contribution in [0.5, 0.6) is 0 Å². The SMILES string of the molecule is Cc1cnc(Cl)c(NS(=O)(=O)c2c(F)cc(N)cc2F)c1. The summed E-state index contributed by atoms with van der Waals surface area (Å²) in [6.07, 6.45) is 1.42. The molecule has 21 heavy (non-hydrogen) atoms. The maximum absolute atomic E-state index is 13.7. The van der Waals surface area contributed by atoms with Crippen molar-refractivity contribution >= 4 is 33.0 Å². The second kappa shape index (κ2) is 5.45. The van der Waals surface area contributed by atoms with Crippen molar-refractivity contribution in [3.8, 4) is 0 Å².